The first-order chi connectivity index (χ1) is 4.30. The minimum absolute atomic E-state index is 0. The molecule has 0 bridgehead atoms. The third-order valence-corrected chi connectivity index (χ3v) is 0.884. The first-order valence-corrected chi connectivity index (χ1v) is 2.45. The summed E-state index contributed by atoms with van der Waals surface area (Å²) in [5.74, 6) is -0.990. The molecule has 1 aromatic heterocycles. The average molecular weight is 159 g/mol. The molecular formula is C6H9NO4. The van der Waals surface area contributed by atoms with Crippen LogP contribution in [0.2, 0.25) is 0 Å². The van der Waals surface area contributed by atoms with Gasteiger partial charge in [0, 0.05) is 6.20 Å². The summed E-state index contributed by atoms with van der Waals surface area (Å²) in [7, 11) is 0. The molecule has 0 atom stereocenters. The third-order valence-electron chi connectivity index (χ3n) is 0.884. The van der Waals surface area contributed by atoms with Crippen LogP contribution in [0.1, 0.15) is 10.5 Å². The van der Waals surface area contributed by atoms with Gasteiger partial charge in [0.1, 0.15) is 5.69 Å². The lowest BCUT2D eigenvalue weighted by Crippen LogP contribution is -1.97. The molecule has 0 saturated carbocycles. The normalized spacial score (nSPS) is 7.27. The topological polar surface area (TPSA) is 113 Å². The SMILES string of the molecule is O.O.O=C(O)c1ccccn1. The lowest BCUT2D eigenvalue weighted by molar-refractivity contribution is 0.0690. The van der Waals surface area contributed by atoms with Crippen LogP contribution in [0.5, 0.6) is 0 Å². The number of aromatic nitrogens is 1. The molecule has 62 valence electrons. The average Bonchev–Trinajstić information content (AvgIpc) is 1.90. The number of aromatic carboxylic acids is 1. The van der Waals surface area contributed by atoms with E-state index in [2.05, 4.69) is 4.98 Å². The highest BCUT2D eigenvalue weighted by Crippen LogP contribution is 1.90. The van der Waals surface area contributed by atoms with Gasteiger partial charge in [0.2, 0.25) is 0 Å². The van der Waals surface area contributed by atoms with E-state index < -0.39 is 5.97 Å². The van der Waals surface area contributed by atoms with Crippen LogP contribution < -0.4 is 0 Å². The molecule has 1 aromatic rings. The van der Waals surface area contributed by atoms with E-state index in [1.54, 1.807) is 12.1 Å². The van der Waals surface area contributed by atoms with Gasteiger partial charge in [0.05, 0.1) is 0 Å². The van der Waals surface area contributed by atoms with E-state index in [4.69, 9.17) is 5.11 Å². The maximum absolute atomic E-state index is 10.1. The van der Waals surface area contributed by atoms with Crippen LogP contribution in [0.15, 0.2) is 24.4 Å². The van der Waals surface area contributed by atoms with Crippen LogP contribution in [0, 0.1) is 0 Å². The summed E-state index contributed by atoms with van der Waals surface area (Å²) in [6.45, 7) is 0. The fraction of sp³-hybridized carbons (Fsp3) is 0. The van der Waals surface area contributed by atoms with Crippen LogP contribution >= 0.6 is 0 Å². The van der Waals surface area contributed by atoms with Crippen molar-refractivity contribution in [3.63, 3.8) is 0 Å². The Morgan fingerprint density at radius 1 is 1.36 bits per heavy atom. The highest BCUT2D eigenvalue weighted by molar-refractivity contribution is 5.85. The molecule has 11 heavy (non-hydrogen) atoms. The number of hydrogen-bond acceptors (Lipinski definition) is 2. The fourth-order valence-corrected chi connectivity index (χ4v) is 0.489. The molecule has 0 aliphatic heterocycles. The number of nitrogens with zero attached hydrogens (tertiary/aromatic N) is 1. The Kier molecular flexibility index (Phi) is 5.94. The second kappa shape index (κ2) is 5.33. The molecule has 0 aromatic carbocycles. The van der Waals surface area contributed by atoms with E-state index in [0.29, 0.717) is 0 Å². The highest BCUT2D eigenvalue weighted by atomic mass is 16.4. The van der Waals surface area contributed by atoms with Crippen molar-refractivity contribution in [1.82, 2.24) is 4.98 Å². The Balaban J connectivity index is 0. The highest BCUT2D eigenvalue weighted by Gasteiger charge is 1.98. The lowest BCUT2D eigenvalue weighted by Gasteiger charge is -1.87. The molecule has 0 unspecified atom stereocenters. The Morgan fingerprint density at radius 3 is 2.27 bits per heavy atom. The maximum Gasteiger partial charge on any atom is 0.354 e. The van der Waals surface area contributed by atoms with Crippen LogP contribution in [0.25, 0.3) is 0 Å². The second-order valence-electron chi connectivity index (χ2n) is 1.52. The number of carboxylic acid groups (broad SMARTS) is 1. The van der Waals surface area contributed by atoms with Crippen molar-refractivity contribution in [2.24, 2.45) is 0 Å². The van der Waals surface area contributed by atoms with E-state index in [1.165, 1.54) is 12.3 Å². The van der Waals surface area contributed by atoms with Gasteiger partial charge in [-0.1, -0.05) is 6.07 Å². The Labute approximate surface area is 62.9 Å². The van der Waals surface area contributed by atoms with Gasteiger partial charge in [-0.2, -0.15) is 0 Å². The van der Waals surface area contributed by atoms with Gasteiger partial charge in [0.15, 0.2) is 0 Å². The fourth-order valence-electron chi connectivity index (χ4n) is 0.489. The van der Waals surface area contributed by atoms with Crippen molar-refractivity contribution in [3.05, 3.63) is 30.1 Å². The zero-order valence-corrected chi connectivity index (χ0v) is 5.61. The van der Waals surface area contributed by atoms with Crippen molar-refractivity contribution in [2.75, 3.05) is 0 Å². The van der Waals surface area contributed by atoms with Gasteiger partial charge in [-0.3, -0.25) is 0 Å². The first kappa shape index (κ1) is 12.2. The predicted molar refractivity (Wildman–Crippen MR) is 38.4 cm³/mol. The zero-order valence-electron chi connectivity index (χ0n) is 5.61. The maximum atomic E-state index is 10.1. The van der Waals surface area contributed by atoms with Gasteiger partial charge >= 0.3 is 5.97 Å². The number of carbonyl (C=O) groups is 1. The van der Waals surface area contributed by atoms with Crippen molar-refractivity contribution in [1.29, 1.82) is 0 Å². The van der Waals surface area contributed by atoms with Crippen LogP contribution in [0.3, 0.4) is 0 Å². The van der Waals surface area contributed by atoms with Crippen molar-refractivity contribution < 1.29 is 20.9 Å². The molecule has 5 heteroatoms. The molecule has 0 fully saturated rings. The summed E-state index contributed by atoms with van der Waals surface area (Å²) >= 11 is 0. The smallest absolute Gasteiger partial charge is 0.354 e. The minimum Gasteiger partial charge on any atom is -0.477 e. The summed E-state index contributed by atoms with van der Waals surface area (Å²) < 4.78 is 0. The van der Waals surface area contributed by atoms with Gasteiger partial charge in [0.25, 0.3) is 0 Å². The minimum atomic E-state index is -0.990. The molecule has 5 N–H and O–H groups in total. The molecule has 0 aliphatic carbocycles. The van der Waals surface area contributed by atoms with Crippen LogP contribution in [-0.2, 0) is 0 Å². The van der Waals surface area contributed by atoms with Crippen molar-refractivity contribution in [3.8, 4) is 0 Å². The van der Waals surface area contributed by atoms with Crippen LogP contribution in [0.4, 0.5) is 0 Å². The molecule has 0 spiro atoms. The number of pyridine rings is 1. The molecule has 0 saturated heterocycles. The molecule has 1 heterocycles. The van der Waals surface area contributed by atoms with Crippen LogP contribution in [-0.4, -0.2) is 27.0 Å². The van der Waals surface area contributed by atoms with Gasteiger partial charge in [-0.15, -0.1) is 0 Å². The number of rotatable bonds is 1. The predicted octanol–water partition coefficient (Wildman–Crippen LogP) is -0.870. The Bertz CT molecular complexity index is 211. The Hall–Kier alpha value is -1.46. The zero-order chi connectivity index (χ0) is 6.69. The Morgan fingerprint density at radius 2 is 2.00 bits per heavy atom. The number of carboxylic acids is 1. The van der Waals surface area contributed by atoms with E-state index in [9.17, 15) is 4.79 Å². The van der Waals surface area contributed by atoms with E-state index in [-0.39, 0.29) is 16.6 Å². The second-order valence-corrected chi connectivity index (χ2v) is 1.52. The first-order valence-electron chi connectivity index (χ1n) is 2.45. The van der Waals surface area contributed by atoms with E-state index in [0.717, 1.165) is 0 Å². The molecule has 5 nitrogen and oxygen atoms in total. The summed E-state index contributed by atoms with van der Waals surface area (Å²) in [4.78, 5) is 13.7. The van der Waals surface area contributed by atoms with Crippen molar-refractivity contribution >= 4 is 5.97 Å². The number of hydrogen-bond donors (Lipinski definition) is 1. The summed E-state index contributed by atoms with van der Waals surface area (Å²) in [5.41, 5.74) is 0.0810. The van der Waals surface area contributed by atoms with E-state index >= 15 is 0 Å². The van der Waals surface area contributed by atoms with Gasteiger partial charge < -0.3 is 16.1 Å². The molecule has 0 aliphatic rings. The summed E-state index contributed by atoms with van der Waals surface area (Å²) in [5, 5.41) is 8.32. The van der Waals surface area contributed by atoms with Gasteiger partial charge in [-0.05, 0) is 12.1 Å². The molecule has 1 rings (SSSR count). The lowest BCUT2D eigenvalue weighted by atomic mass is 10.4. The van der Waals surface area contributed by atoms with E-state index in [1.807, 2.05) is 0 Å². The summed E-state index contributed by atoms with van der Waals surface area (Å²) in [6, 6.07) is 4.76. The molecular weight excluding hydrogens is 150 g/mol. The van der Waals surface area contributed by atoms with Crippen molar-refractivity contribution in [2.45, 2.75) is 0 Å². The third kappa shape index (κ3) is 3.29. The molecule has 0 amide bonds. The quantitative estimate of drug-likeness (QED) is 0.574. The molecule has 0 radical (unpaired) electrons. The summed E-state index contributed by atoms with van der Waals surface area (Å²) in [6.07, 6.45) is 1.45. The standard InChI is InChI=1S/C6H5NO2.2H2O/c8-6(9)5-3-1-2-4-7-5;;/h1-4H,(H,8,9);2*1H2. The monoisotopic (exact) mass is 159 g/mol. The largest absolute Gasteiger partial charge is 0.477 e. The van der Waals surface area contributed by atoms with Gasteiger partial charge in [-0.25, -0.2) is 9.78 Å².